The zero-order chi connectivity index (χ0) is 23.1. The Morgan fingerprint density at radius 3 is 2.48 bits per heavy atom. The highest BCUT2D eigenvalue weighted by Crippen LogP contribution is 2.29. The van der Waals surface area contributed by atoms with Crippen molar-refractivity contribution in [3.8, 4) is 11.4 Å². The summed E-state index contributed by atoms with van der Waals surface area (Å²) in [4.78, 5) is 22.0. The molecule has 31 heavy (non-hydrogen) atoms. The van der Waals surface area contributed by atoms with Crippen molar-refractivity contribution in [1.82, 2.24) is 15.0 Å². The van der Waals surface area contributed by atoms with Crippen LogP contribution in [0.15, 0.2) is 54.6 Å². The van der Waals surface area contributed by atoms with Gasteiger partial charge in [-0.15, -0.1) is 0 Å². The Morgan fingerprint density at radius 2 is 1.94 bits per heavy atom. The van der Waals surface area contributed by atoms with E-state index in [2.05, 4.69) is 15.0 Å². The number of ether oxygens (including phenoxy) is 2. The molecule has 0 fully saturated rings. The standard InChI is InChI=1S/C22H24F3N3O3/c1-5-7-17(31-14-21(2,3)20(29)30-4)9-6-8-16-11-10-15(12-26-16)19-27-13-18(28-19)22(23,24)25/h5-13H,14H2,1-4H3,(H,27,28)/b7-5-,8-6+,17-9+. The third kappa shape index (κ3) is 6.84. The van der Waals surface area contributed by atoms with Gasteiger partial charge in [0.05, 0.1) is 24.4 Å². The van der Waals surface area contributed by atoms with E-state index in [1.165, 1.54) is 13.3 Å². The van der Waals surface area contributed by atoms with Gasteiger partial charge in [0, 0.05) is 11.8 Å². The van der Waals surface area contributed by atoms with Crippen LogP contribution in [0.3, 0.4) is 0 Å². The fraction of sp³-hybridized carbons (Fsp3) is 0.318. The zero-order valence-electron chi connectivity index (χ0n) is 17.7. The van der Waals surface area contributed by atoms with Gasteiger partial charge in [-0.3, -0.25) is 9.78 Å². The van der Waals surface area contributed by atoms with Gasteiger partial charge in [0.2, 0.25) is 0 Å². The minimum Gasteiger partial charge on any atom is -0.492 e. The Kier molecular flexibility index (Phi) is 7.79. The van der Waals surface area contributed by atoms with Crippen molar-refractivity contribution in [1.29, 1.82) is 0 Å². The number of nitrogens with one attached hydrogen (secondary N) is 1. The van der Waals surface area contributed by atoms with E-state index in [0.717, 1.165) is 6.20 Å². The highest BCUT2D eigenvalue weighted by Gasteiger charge is 2.33. The lowest BCUT2D eigenvalue weighted by Gasteiger charge is -2.21. The second-order valence-electron chi connectivity index (χ2n) is 7.21. The van der Waals surface area contributed by atoms with Crippen LogP contribution in [0.5, 0.6) is 0 Å². The number of carbonyl (C=O) groups is 1. The summed E-state index contributed by atoms with van der Waals surface area (Å²) in [6.45, 7) is 5.43. The molecule has 0 radical (unpaired) electrons. The van der Waals surface area contributed by atoms with Crippen molar-refractivity contribution < 1.29 is 27.4 Å². The van der Waals surface area contributed by atoms with E-state index in [1.807, 2.05) is 6.92 Å². The molecule has 0 aliphatic heterocycles. The normalized spacial score (nSPS) is 13.2. The number of hydrogen-bond acceptors (Lipinski definition) is 5. The molecule has 2 aromatic rings. The van der Waals surface area contributed by atoms with E-state index in [0.29, 0.717) is 17.0 Å². The molecule has 0 unspecified atom stereocenters. The molecule has 2 heterocycles. The molecular weight excluding hydrogens is 411 g/mol. The minimum absolute atomic E-state index is 0.0900. The molecule has 9 heteroatoms. The van der Waals surface area contributed by atoms with Crippen molar-refractivity contribution in [3.05, 3.63) is 66.0 Å². The average molecular weight is 435 g/mol. The number of aromatic nitrogens is 3. The maximum atomic E-state index is 12.7. The van der Waals surface area contributed by atoms with Crippen LogP contribution in [0.1, 0.15) is 32.2 Å². The molecule has 0 aliphatic rings. The number of pyridine rings is 1. The number of methoxy groups -OCH3 is 1. The van der Waals surface area contributed by atoms with Gasteiger partial charge in [-0.1, -0.05) is 12.2 Å². The van der Waals surface area contributed by atoms with Gasteiger partial charge < -0.3 is 14.5 Å². The number of imidazole rings is 1. The first-order chi connectivity index (χ1) is 14.6. The summed E-state index contributed by atoms with van der Waals surface area (Å²) in [5.41, 5.74) is -0.680. The van der Waals surface area contributed by atoms with Gasteiger partial charge in [0.25, 0.3) is 0 Å². The van der Waals surface area contributed by atoms with Gasteiger partial charge in [0.1, 0.15) is 23.9 Å². The summed E-state index contributed by atoms with van der Waals surface area (Å²) < 4.78 is 48.5. The lowest BCUT2D eigenvalue weighted by atomic mass is 9.95. The molecule has 0 atom stereocenters. The van der Waals surface area contributed by atoms with Crippen molar-refractivity contribution in [3.63, 3.8) is 0 Å². The van der Waals surface area contributed by atoms with Crippen molar-refractivity contribution >= 4 is 12.0 Å². The van der Waals surface area contributed by atoms with Gasteiger partial charge in [0.15, 0.2) is 0 Å². The molecule has 0 saturated heterocycles. The topological polar surface area (TPSA) is 77.1 Å². The molecule has 0 spiro atoms. The maximum Gasteiger partial charge on any atom is 0.432 e. The molecule has 166 valence electrons. The minimum atomic E-state index is -4.48. The number of esters is 1. The Balaban J connectivity index is 2.06. The second kappa shape index (κ2) is 10.1. The second-order valence-corrected chi connectivity index (χ2v) is 7.21. The van der Waals surface area contributed by atoms with Crippen LogP contribution in [-0.4, -0.2) is 34.6 Å². The van der Waals surface area contributed by atoms with Gasteiger partial charge in [-0.25, -0.2) is 4.98 Å². The number of alkyl halides is 3. The Labute approximate surface area is 178 Å². The molecule has 0 aliphatic carbocycles. The summed E-state index contributed by atoms with van der Waals surface area (Å²) in [5, 5.41) is 0. The lowest BCUT2D eigenvalue weighted by molar-refractivity contribution is -0.153. The monoisotopic (exact) mass is 435 g/mol. The van der Waals surface area contributed by atoms with Gasteiger partial charge in [-0.05, 0) is 51.1 Å². The third-order valence-electron chi connectivity index (χ3n) is 4.14. The fourth-order valence-corrected chi connectivity index (χ4v) is 2.41. The predicted molar refractivity (Wildman–Crippen MR) is 111 cm³/mol. The van der Waals surface area contributed by atoms with E-state index >= 15 is 0 Å². The van der Waals surface area contributed by atoms with E-state index in [1.54, 1.807) is 56.4 Å². The van der Waals surface area contributed by atoms with Gasteiger partial charge >= 0.3 is 12.1 Å². The van der Waals surface area contributed by atoms with E-state index in [9.17, 15) is 18.0 Å². The van der Waals surface area contributed by atoms with Gasteiger partial charge in [-0.2, -0.15) is 13.2 Å². The number of H-pyrrole nitrogens is 1. The van der Waals surface area contributed by atoms with Crippen LogP contribution in [0.2, 0.25) is 0 Å². The van der Waals surface area contributed by atoms with E-state index in [4.69, 9.17) is 9.47 Å². The number of halogens is 3. The highest BCUT2D eigenvalue weighted by molar-refractivity contribution is 5.75. The fourth-order valence-electron chi connectivity index (χ4n) is 2.41. The summed E-state index contributed by atoms with van der Waals surface area (Å²) >= 11 is 0. The number of carbonyl (C=O) groups excluding carboxylic acids is 1. The summed E-state index contributed by atoms with van der Waals surface area (Å²) in [5.74, 6) is 0.265. The average Bonchev–Trinajstić information content (AvgIpc) is 3.23. The summed E-state index contributed by atoms with van der Waals surface area (Å²) in [6.07, 6.45) is 6.41. The number of rotatable bonds is 8. The van der Waals surface area contributed by atoms with Crippen LogP contribution in [0.25, 0.3) is 17.5 Å². The summed E-state index contributed by atoms with van der Waals surface area (Å²) in [6, 6.07) is 3.28. The van der Waals surface area contributed by atoms with Crippen LogP contribution in [0.4, 0.5) is 13.2 Å². The van der Waals surface area contributed by atoms with E-state index < -0.39 is 17.3 Å². The first kappa shape index (κ1) is 23.9. The van der Waals surface area contributed by atoms with Crippen LogP contribution in [-0.2, 0) is 20.4 Å². The first-order valence-corrected chi connectivity index (χ1v) is 9.37. The third-order valence-corrected chi connectivity index (χ3v) is 4.14. The van der Waals surface area contributed by atoms with Crippen molar-refractivity contribution in [2.75, 3.05) is 13.7 Å². The Bertz CT molecular complexity index is 972. The van der Waals surface area contributed by atoms with Crippen LogP contribution < -0.4 is 0 Å². The molecule has 0 saturated carbocycles. The number of allylic oxidation sites excluding steroid dienone is 4. The molecule has 2 rings (SSSR count). The number of aromatic amines is 1. The molecule has 0 amide bonds. The number of nitrogens with zero attached hydrogens (tertiary/aromatic N) is 2. The quantitative estimate of drug-likeness (QED) is 0.351. The molecular formula is C22H24F3N3O3. The van der Waals surface area contributed by atoms with Crippen LogP contribution in [0, 0.1) is 5.41 Å². The zero-order valence-corrected chi connectivity index (χ0v) is 17.7. The molecule has 2 aromatic heterocycles. The molecule has 1 N–H and O–H groups in total. The number of hydrogen-bond donors (Lipinski definition) is 1. The van der Waals surface area contributed by atoms with Crippen molar-refractivity contribution in [2.24, 2.45) is 5.41 Å². The first-order valence-electron chi connectivity index (χ1n) is 9.37. The molecule has 0 aromatic carbocycles. The molecule has 6 nitrogen and oxygen atoms in total. The smallest absolute Gasteiger partial charge is 0.432 e. The lowest BCUT2D eigenvalue weighted by Crippen LogP contribution is -2.30. The molecule has 0 bridgehead atoms. The van der Waals surface area contributed by atoms with Crippen LogP contribution >= 0.6 is 0 Å². The highest BCUT2D eigenvalue weighted by atomic mass is 19.4. The summed E-state index contributed by atoms with van der Waals surface area (Å²) in [7, 11) is 1.33. The van der Waals surface area contributed by atoms with E-state index in [-0.39, 0.29) is 18.4 Å². The van der Waals surface area contributed by atoms with Crippen molar-refractivity contribution in [2.45, 2.75) is 26.9 Å². The predicted octanol–water partition coefficient (Wildman–Crippen LogP) is 5.18. The Hall–Kier alpha value is -3.36. The Morgan fingerprint density at radius 1 is 1.19 bits per heavy atom. The largest absolute Gasteiger partial charge is 0.492 e. The SMILES string of the molecule is C\C=C/C(=C\C=C\c1ccc(-c2ncc(C(F)(F)F)[nH]2)cn1)OCC(C)(C)C(=O)OC. The maximum absolute atomic E-state index is 12.7.